The van der Waals surface area contributed by atoms with Gasteiger partial charge in [-0.15, -0.1) is 0 Å². The Bertz CT molecular complexity index is 453. The predicted molar refractivity (Wildman–Crippen MR) is 80.3 cm³/mol. The molecule has 20 heavy (non-hydrogen) atoms. The Morgan fingerprint density at radius 2 is 2.00 bits per heavy atom. The van der Waals surface area contributed by atoms with Gasteiger partial charge in [-0.2, -0.15) is 0 Å². The van der Waals surface area contributed by atoms with Gasteiger partial charge in [-0.25, -0.2) is 0 Å². The molecule has 0 saturated heterocycles. The minimum atomic E-state index is -0.609. The Kier molecular flexibility index (Phi) is 4.55. The van der Waals surface area contributed by atoms with Gasteiger partial charge in [0.1, 0.15) is 5.75 Å². The van der Waals surface area contributed by atoms with Gasteiger partial charge in [-0.05, 0) is 31.9 Å². The second-order valence-corrected chi connectivity index (χ2v) is 5.86. The number of nitrogens with zero attached hydrogens (tertiary/aromatic N) is 1. The zero-order valence-electron chi connectivity index (χ0n) is 12.6. The maximum atomic E-state index is 10.5. The van der Waals surface area contributed by atoms with Crippen LogP contribution in [0, 0.1) is 0 Å². The quantitative estimate of drug-likeness (QED) is 0.869. The molecular weight excluding hydrogens is 254 g/mol. The van der Waals surface area contributed by atoms with Crippen LogP contribution in [0.5, 0.6) is 5.75 Å². The van der Waals surface area contributed by atoms with Crippen LogP contribution in [0.3, 0.4) is 0 Å². The minimum absolute atomic E-state index is 0.583. The molecule has 0 radical (unpaired) electrons. The zero-order chi connectivity index (χ0) is 14.8. The zero-order valence-corrected chi connectivity index (χ0v) is 12.6. The molecule has 1 aromatic rings. The molecule has 0 heterocycles. The van der Waals surface area contributed by atoms with Crippen molar-refractivity contribution >= 4 is 5.69 Å². The molecule has 1 fully saturated rings. The molecule has 0 bridgehead atoms. The van der Waals surface area contributed by atoms with Crippen LogP contribution in [0.25, 0.3) is 0 Å². The van der Waals surface area contributed by atoms with Gasteiger partial charge in [-0.1, -0.05) is 18.9 Å². The summed E-state index contributed by atoms with van der Waals surface area (Å²) in [4.78, 5) is 2.02. The van der Waals surface area contributed by atoms with Gasteiger partial charge < -0.3 is 19.8 Å². The first-order chi connectivity index (χ1) is 9.47. The molecule has 2 rings (SSSR count). The van der Waals surface area contributed by atoms with E-state index in [9.17, 15) is 10.2 Å². The fourth-order valence-corrected chi connectivity index (χ4v) is 3.18. The number of hydrogen-bond acceptors (Lipinski definition) is 4. The molecule has 112 valence electrons. The number of methoxy groups -OCH3 is 1. The van der Waals surface area contributed by atoms with Gasteiger partial charge in [0, 0.05) is 24.8 Å². The third-order valence-corrected chi connectivity index (χ3v) is 4.16. The van der Waals surface area contributed by atoms with Crippen LogP contribution in [0.2, 0.25) is 0 Å². The molecule has 0 spiro atoms. The molecule has 1 aromatic carbocycles. The second kappa shape index (κ2) is 6.02. The van der Waals surface area contributed by atoms with Gasteiger partial charge in [0.15, 0.2) is 0 Å². The second-order valence-electron chi connectivity index (χ2n) is 5.86. The van der Waals surface area contributed by atoms with E-state index in [0.29, 0.717) is 12.3 Å². The lowest BCUT2D eigenvalue weighted by atomic mass is 10.00. The lowest BCUT2D eigenvalue weighted by Gasteiger charge is -2.32. The van der Waals surface area contributed by atoms with E-state index < -0.39 is 11.7 Å². The molecule has 1 atom stereocenters. The Morgan fingerprint density at radius 1 is 1.35 bits per heavy atom. The first-order valence-electron chi connectivity index (χ1n) is 7.25. The largest absolute Gasteiger partial charge is 0.496 e. The van der Waals surface area contributed by atoms with Crippen molar-refractivity contribution in [2.75, 3.05) is 25.6 Å². The number of rotatable bonds is 5. The summed E-state index contributed by atoms with van der Waals surface area (Å²) in [7, 11) is 3.56. The van der Waals surface area contributed by atoms with Crippen molar-refractivity contribution in [3.05, 3.63) is 23.8 Å². The first kappa shape index (κ1) is 15.1. The minimum Gasteiger partial charge on any atom is -0.496 e. The summed E-state index contributed by atoms with van der Waals surface area (Å²) in [5.74, 6) is 0.683. The maximum Gasteiger partial charge on any atom is 0.126 e. The Hall–Kier alpha value is -1.26. The molecule has 0 unspecified atom stereocenters. The van der Waals surface area contributed by atoms with Crippen LogP contribution in [0.15, 0.2) is 18.2 Å². The highest BCUT2D eigenvalue weighted by molar-refractivity contribution is 5.60. The van der Waals surface area contributed by atoms with Crippen LogP contribution < -0.4 is 9.64 Å². The van der Waals surface area contributed by atoms with E-state index >= 15 is 0 Å². The molecule has 0 aromatic heterocycles. The van der Waals surface area contributed by atoms with Crippen LogP contribution >= 0.6 is 0 Å². The summed E-state index contributed by atoms with van der Waals surface area (Å²) in [6, 6.07) is 5.72. The topological polar surface area (TPSA) is 52.9 Å². The number of hydrogen-bond donors (Lipinski definition) is 2. The van der Waals surface area contributed by atoms with Crippen LogP contribution in [-0.2, 0) is 0 Å². The summed E-state index contributed by atoms with van der Waals surface area (Å²) in [5, 5.41) is 20.6. The number of aliphatic hydroxyl groups is 2. The summed E-state index contributed by atoms with van der Waals surface area (Å²) >= 11 is 0. The molecule has 1 aliphatic rings. The van der Waals surface area contributed by atoms with Gasteiger partial charge in [0.25, 0.3) is 0 Å². The van der Waals surface area contributed by atoms with Crippen LogP contribution in [-0.4, -0.2) is 36.5 Å². The lowest BCUT2D eigenvalue weighted by Crippen LogP contribution is -2.39. The standard InChI is InChI=1S/C16H25NO3/c1-12(18)15-13(7-6-8-14(15)20-3)17(2)11-16(19)9-4-5-10-16/h6-8,12,18-19H,4-5,9-11H2,1-3H3/t12-/m0/s1. The van der Waals surface area contributed by atoms with E-state index in [1.54, 1.807) is 14.0 Å². The van der Waals surface area contributed by atoms with E-state index in [-0.39, 0.29) is 0 Å². The number of anilines is 1. The number of aliphatic hydroxyl groups excluding tert-OH is 1. The van der Waals surface area contributed by atoms with Crippen molar-refractivity contribution in [1.29, 1.82) is 0 Å². The monoisotopic (exact) mass is 279 g/mol. The van der Waals surface area contributed by atoms with Crippen molar-refractivity contribution in [1.82, 2.24) is 0 Å². The Balaban J connectivity index is 2.27. The molecule has 4 nitrogen and oxygen atoms in total. The average molecular weight is 279 g/mol. The highest BCUT2D eigenvalue weighted by atomic mass is 16.5. The summed E-state index contributed by atoms with van der Waals surface area (Å²) in [6.45, 7) is 2.32. The smallest absolute Gasteiger partial charge is 0.126 e. The van der Waals surface area contributed by atoms with Gasteiger partial charge >= 0.3 is 0 Å². The van der Waals surface area contributed by atoms with Crippen molar-refractivity contribution in [3.8, 4) is 5.75 Å². The number of benzene rings is 1. The lowest BCUT2D eigenvalue weighted by molar-refractivity contribution is 0.0557. The van der Waals surface area contributed by atoms with Gasteiger partial charge in [-0.3, -0.25) is 0 Å². The van der Waals surface area contributed by atoms with Crippen molar-refractivity contribution in [2.24, 2.45) is 0 Å². The summed E-state index contributed by atoms with van der Waals surface area (Å²) in [6.07, 6.45) is 3.27. The summed E-state index contributed by atoms with van der Waals surface area (Å²) < 4.78 is 5.34. The van der Waals surface area contributed by atoms with Crippen LogP contribution in [0.1, 0.15) is 44.3 Å². The fourth-order valence-electron chi connectivity index (χ4n) is 3.18. The first-order valence-corrected chi connectivity index (χ1v) is 7.25. The molecular formula is C16H25NO3. The molecule has 1 saturated carbocycles. The third-order valence-electron chi connectivity index (χ3n) is 4.16. The summed E-state index contributed by atoms with van der Waals surface area (Å²) in [5.41, 5.74) is 1.09. The van der Waals surface area contributed by atoms with Crippen molar-refractivity contribution in [3.63, 3.8) is 0 Å². The highest BCUT2D eigenvalue weighted by Crippen LogP contribution is 2.36. The number of likely N-dealkylation sites (N-methyl/N-ethyl adjacent to an activating group) is 1. The fraction of sp³-hybridized carbons (Fsp3) is 0.625. The van der Waals surface area contributed by atoms with E-state index in [2.05, 4.69) is 0 Å². The van der Waals surface area contributed by atoms with E-state index in [0.717, 1.165) is 36.9 Å². The normalized spacial score (nSPS) is 18.9. The third kappa shape index (κ3) is 3.07. The molecule has 1 aliphatic carbocycles. The maximum absolute atomic E-state index is 10.5. The van der Waals surface area contributed by atoms with Gasteiger partial charge in [0.2, 0.25) is 0 Å². The highest BCUT2D eigenvalue weighted by Gasteiger charge is 2.33. The van der Waals surface area contributed by atoms with E-state index in [4.69, 9.17) is 4.74 Å². The molecule has 2 N–H and O–H groups in total. The Labute approximate surface area is 121 Å². The molecule has 4 heteroatoms. The number of ether oxygens (including phenoxy) is 1. The van der Waals surface area contributed by atoms with Crippen LogP contribution in [0.4, 0.5) is 5.69 Å². The SMILES string of the molecule is COc1cccc(N(C)CC2(O)CCCC2)c1[C@H](C)O. The van der Waals surface area contributed by atoms with E-state index in [1.807, 2.05) is 30.1 Å². The van der Waals surface area contributed by atoms with Crippen molar-refractivity contribution < 1.29 is 14.9 Å². The molecule has 0 amide bonds. The Morgan fingerprint density at radius 3 is 2.55 bits per heavy atom. The van der Waals surface area contributed by atoms with E-state index in [1.165, 1.54) is 0 Å². The average Bonchev–Trinajstić information content (AvgIpc) is 2.83. The van der Waals surface area contributed by atoms with Crippen molar-refractivity contribution in [2.45, 2.75) is 44.3 Å². The van der Waals surface area contributed by atoms with Gasteiger partial charge in [0.05, 0.1) is 18.8 Å². The predicted octanol–water partition coefficient (Wildman–Crippen LogP) is 2.49. The molecule has 0 aliphatic heterocycles.